The van der Waals surface area contributed by atoms with Crippen molar-refractivity contribution in [3.8, 4) is 5.75 Å². The zero-order valence-corrected chi connectivity index (χ0v) is 24.9. The van der Waals surface area contributed by atoms with E-state index in [4.69, 9.17) is 4.74 Å². The third-order valence-corrected chi connectivity index (χ3v) is 7.99. The Morgan fingerprint density at radius 2 is 1.63 bits per heavy atom. The first-order valence-corrected chi connectivity index (χ1v) is 14.7. The number of carbonyl (C=O) groups excluding carboxylic acids is 3. The second-order valence-electron chi connectivity index (χ2n) is 11.0. The lowest BCUT2D eigenvalue weighted by molar-refractivity contribution is -0.146. The monoisotopic (exact) mass is 566 g/mol. The van der Waals surface area contributed by atoms with E-state index in [0.717, 1.165) is 23.3 Å². The minimum atomic E-state index is -1.18. The van der Waals surface area contributed by atoms with Gasteiger partial charge in [0.1, 0.15) is 24.4 Å². The number of hydrogen-bond donors (Lipinski definition) is 4. The van der Waals surface area contributed by atoms with E-state index in [1.165, 1.54) is 18.9 Å². The van der Waals surface area contributed by atoms with Crippen molar-refractivity contribution in [2.45, 2.75) is 77.1 Å². The van der Waals surface area contributed by atoms with Crippen LogP contribution in [0.2, 0.25) is 0 Å². The van der Waals surface area contributed by atoms with E-state index in [9.17, 15) is 19.5 Å². The first-order valence-electron chi connectivity index (χ1n) is 14.7. The number of carbonyl (C=O) groups is 3. The minimum absolute atomic E-state index is 0.0304. The Labute approximate surface area is 244 Å². The number of rotatable bonds is 5. The number of benzene rings is 2. The molecule has 9 nitrogen and oxygen atoms in total. The van der Waals surface area contributed by atoms with Crippen LogP contribution in [0.1, 0.15) is 57.6 Å². The fourth-order valence-electron chi connectivity index (χ4n) is 5.27. The number of hydrogen-bond acceptors (Lipinski definition) is 6. The van der Waals surface area contributed by atoms with E-state index in [1.54, 1.807) is 0 Å². The topological polar surface area (TPSA) is 120 Å². The number of ether oxygens (including phenoxy) is 1. The Bertz CT molecular complexity index is 1140. The lowest BCUT2D eigenvalue weighted by Gasteiger charge is -2.35. The van der Waals surface area contributed by atoms with Crippen LogP contribution >= 0.6 is 0 Å². The number of likely N-dealkylation sites (N-methyl/N-ethyl adjacent to an activating group) is 1. The van der Waals surface area contributed by atoms with Gasteiger partial charge in [-0.1, -0.05) is 75.7 Å². The van der Waals surface area contributed by atoms with Crippen LogP contribution in [0.15, 0.2) is 54.6 Å². The maximum absolute atomic E-state index is 13.8. The van der Waals surface area contributed by atoms with Gasteiger partial charge in [0, 0.05) is 26.1 Å². The molecule has 2 aromatic rings. The third-order valence-electron chi connectivity index (χ3n) is 7.99. The van der Waals surface area contributed by atoms with Crippen LogP contribution in [0.3, 0.4) is 0 Å². The van der Waals surface area contributed by atoms with Crippen molar-refractivity contribution in [3.63, 3.8) is 0 Å². The first-order chi connectivity index (χ1) is 19.6. The van der Waals surface area contributed by atoms with E-state index < -0.39 is 30.1 Å². The maximum atomic E-state index is 13.8. The largest absolute Gasteiger partial charge is 0.492 e. The molecule has 0 saturated carbocycles. The summed E-state index contributed by atoms with van der Waals surface area (Å²) in [6.45, 7) is 8.55. The Kier molecular flexibility index (Phi) is 12.2. The molecular formula is C32H46N4O5. The predicted molar refractivity (Wildman–Crippen MR) is 160 cm³/mol. The van der Waals surface area contributed by atoms with Crippen molar-refractivity contribution >= 4 is 17.7 Å². The molecule has 224 valence electrons. The van der Waals surface area contributed by atoms with Gasteiger partial charge in [-0.25, -0.2) is 0 Å². The number of fused-ring (bicyclic) bond motifs is 1. The van der Waals surface area contributed by atoms with Gasteiger partial charge >= 0.3 is 0 Å². The summed E-state index contributed by atoms with van der Waals surface area (Å²) in [7, 11) is 1.52. The highest BCUT2D eigenvalue weighted by Gasteiger charge is 2.38. The fourth-order valence-corrected chi connectivity index (χ4v) is 5.27. The zero-order chi connectivity index (χ0) is 29.9. The van der Waals surface area contributed by atoms with Crippen LogP contribution < -0.4 is 20.7 Å². The molecule has 3 rings (SSSR count). The number of aliphatic hydroxyl groups is 1. The molecule has 0 aliphatic carbocycles. The third kappa shape index (κ3) is 8.53. The Morgan fingerprint density at radius 1 is 0.951 bits per heavy atom. The Hall–Kier alpha value is -3.43. The van der Waals surface area contributed by atoms with E-state index in [1.807, 2.05) is 75.4 Å². The summed E-state index contributed by atoms with van der Waals surface area (Å²) in [5, 5.41) is 19.9. The quantitative estimate of drug-likeness (QED) is 0.442. The average Bonchev–Trinajstić information content (AvgIpc) is 2.97. The number of nitrogens with one attached hydrogen (secondary N) is 3. The Morgan fingerprint density at radius 3 is 2.32 bits per heavy atom. The van der Waals surface area contributed by atoms with Crippen molar-refractivity contribution < 1.29 is 24.2 Å². The molecule has 3 unspecified atom stereocenters. The van der Waals surface area contributed by atoms with Gasteiger partial charge in [0.25, 0.3) is 0 Å². The molecule has 1 heterocycles. The van der Waals surface area contributed by atoms with E-state index in [2.05, 4.69) is 16.0 Å². The van der Waals surface area contributed by atoms with Gasteiger partial charge in [-0.05, 0) is 42.9 Å². The average molecular weight is 567 g/mol. The Balaban J connectivity index is 1.96. The van der Waals surface area contributed by atoms with Gasteiger partial charge in [0.15, 0.2) is 0 Å². The molecule has 1 aliphatic rings. The minimum Gasteiger partial charge on any atom is -0.492 e. The molecule has 0 fully saturated rings. The summed E-state index contributed by atoms with van der Waals surface area (Å²) in [5.41, 5.74) is 1.93. The van der Waals surface area contributed by atoms with Crippen molar-refractivity contribution in [1.29, 1.82) is 0 Å². The highest BCUT2D eigenvalue weighted by molar-refractivity contribution is 5.93. The molecule has 2 aromatic carbocycles. The summed E-state index contributed by atoms with van der Waals surface area (Å²) in [6.07, 6.45) is 0.970. The highest BCUT2D eigenvalue weighted by atomic mass is 16.5. The van der Waals surface area contributed by atoms with Crippen molar-refractivity contribution in [2.24, 2.45) is 5.92 Å². The van der Waals surface area contributed by atoms with Gasteiger partial charge in [-0.15, -0.1) is 0 Å². The summed E-state index contributed by atoms with van der Waals surface area (Å²) in [4.78, 5) is 42.3. The molecule has 0 bridgehead atoms. The van der Waals surface area contributed by atoms with Crippen molar-refractivity contribution in [2.75, 3.05) is 26.7 Å². The molecule has 1 aliphatic heterocycles. The van der Waals surface area contributed by atoms with E-state index in [0.29, 0.717) is 32.5 Å². The number of amides is 3. The van der Waals surface area contributed by atoms with E-state index in [-0.39, 0.29) is 23.7 Å². The molecule has 41 heavy (non-hydrogen) atoms. The van der Waals surface area contributed by atoms with Crippen molar-refractivity contribution in [1.82, 2.24) is 20.9 Å². The van der Waals surface area contributed by atoms with Crippen LogP contribution in [-0.4, -0.2) is 78.7 Å². The van der Waals surface area contributed by atoms with Crippen LogP contribution in [0.5, 0.6) is 5.75 Å². The van der Waals surface area contributed by atoms with Crippen molar-refractivity contribution in [3.05, 3.63) is 65.7 Å². The van der Waals surface area contributed by atoms with Crippen LogP contribution in [0.4, 0.5) is 0 Å². The van der Waals surface area contributed by atoms with Crippen LogP contribution in [0, 0.1) is 5.92 Å². The van der Waals surface area contributed by atoms with Gasteiger partial charge in [-0.2, -0.15) is 0 Å². The molecule has 6 atom stereocenters. The lowest BCUT2D eigenvalue weighted by atomic mass is 9.92. The number of nitrogens with zero attached hydrogens (tertiary/aromatic N) is 1. The number of para-hydroxylation sites is 1. The number of aliphatic hydroxyl groups excluding tert-OH is 1. The predicted octanol–water partition coefficient (Wildman–Crippen LogP) is 2.63. The summed E-state index contributed by atoms with van der Waals surface area (Å²) < 4.78 is 6.07. The normalized spacial score (nSPS) is 24.0. The van der Waals surface area contributed by atoms with Gasteiger partial charge in [0.2, 0.25) is 17.7 Å². The van der Waals surface area contributed by atoms with Gasteiger partial charge in [-0.3, -0.25) is 14.4 Å². The molecular weight excluding hydrogens is 520 g/mol. The van der Waals surface area contributed by atoms with Gasteiger partial charge in [0.05, 0.1) is 12.1 Å². The zero-order valence-electron chi connectivity index (χ0n) is 24.9. The first kappa shape index (κ1) is 32.1. The van der Waals surface area contributed by atoms with Gasteiger partial charge < -0.3 is 30.7 Å². The second kappa shape index (κ2) is 15.5. The smallest absolute Gasteiger partial charge is 0.246 e. The van der Waals surface area contributed by atoms with E-state index >= 15 is 0 Å². The standard InChI is InChI=1S/C32H46N4O5/c1-6-21(2)27-32(40)36(5)29(23(4)37)31(39)35-28(22(3)24-13-8-7-9-14-24)30(38)34-18-12-16-25-15-10-11-17-26(25)41-20-19-33-27/h7-11,13-15,17,21-23,27-29,33,37H,6,12,16,18-20H2,1-5H3,(H,34,38)(H,35,39)/t21?,22?,23?,27-,28+,29-/m0/s1. The summed E-state index contributed by atoms with van der Waals surface area (Å²) >= 11 is 0. The molecule has 9 heteroatoms. The molecule has 0 saturated heterocycles. The number of aryl methyl sites for hydroxylation is 1. The lowest BCUT2D eigenvalue weighted by Crippen LogP contribution is -2.61. The molecule has 3 amide bonds. The SMILES string of the molecule is CCC(C)[C@@H]1NCCOc2ccccc2CCCNC(=O)[C@@H](C(C)c2ccccc2)NC(=O)[C@H](C(C)O)N(C)C1=O. The second-order valence-corrected chi connectivity index (χ2v) is 11.0. The fraction of sp³-hybridized carbons (Fsp3) is 0.531. The summed E-state index contributed by atoms with van der Waals surface area (Å²) in [5.74, 6) is -0.818. The van der Waals surface area contributed by atoms with Crippen LogP contribution in [0.25, 0.3) is 0 Å². The molecule has 0 radical (unpaired) electrons. The molecule has 4 N–H and O–H groups in total. The molecule has 0 aromatic heterocycles. The maximum Gasteiger partial charge on any atom is 0.246 e. The van der Waals surface area contributed by atoms with Crippen LogP contribution in [-0.2, 0) is 20.8 Å². The highest BCUT2D eigenvalue weighted by Crippen LogP contribution is 2.22. The molecule has 0 spiro atoms. The summed E-state index contributed by atoms with van der Waals surface area (Å²) in [6, 6.07) is 14.7.